The van der Waals surface area contributed by atoms with Crippen LogP contribution in [0.15, 0.2) is 48.7 Å². The first-order valence-electron chi connectivity index (χ1n) is 11.9. The first-order chi connectivity index (χ1) is 16.4. The normalized spacial score (nSPS) is 25.6. The van der Waals surface area contributed by atoms with E-state index < -0.39 is 10.0 Å². The van der Waals surface area contributed by atoms with Gasteiger partial charge in [0, 0.05) is 25.8 Å². The number of methoxy groups -OCH3 is 1. The minimum Gasteiger partial charge on any atom is -0.486 e. The molecule has 0 spiro atoms. The van der Waals surface area contributed by atoms with Gasteiger partial charge in [-0.3, -0.25) is 9.78 Å². The molecular weight excluding hydrogens is 454 g/mol. The van der Waals surface area contributed by atoms with Gasteiger partial charge in [-0.2, -0.15) is 4.31 Å². The zero-order valence-corrected chi connectivity index (χ0v) is 20.2. The monoisotopic (exact) mass is 485 g/mol. The van der Waals surface area contributed by atoms with Crippen molar-refractivity contribution >= 4 is 15.9 Å². The molecule has 3 heterocycles. The highest BCUT2D eigenvalue weighted by molar-refractivity contribution is 7.88. The summed E-state index contributed by atoms with van der Waals surface area (Å²) in [4.78, 5) is 18.7. The van der Waals surface area contributed by atoms with E-state index in [4.69, 9.17) is 9.47 Å². The molecule has 1 aromatic carbocycles. The van der Waals surface area contributed by atoms with Gasteiger partial charge in [0.05, 0.1) is 30.6 Å². The lowest BCUT2D eigenvalue weighted by Gasteiger charge is -2.24. The summed E-state index contributed by atoms with van der Waals surface area (Å²) in [6.07, 6.45) is 4.73. The fraction of sp³-hybridized carbons (Fsp3) is 0.520. The number of hydrogen-bond acceptors (Lipinski definition) is 6. The summed E-state index contributed by atoms with van der Waals surface area (Å²) in [6, 6.07) is 12.6. The average Bonchev–Trinajstić information content (AvgIpc) is 3.41. The summed E-state index contributed by atoms with van der Waals surface area (Å²) in [5, 5.41) is 0. The van der Waals surface area contributed by atoms with E-state index in [2.05, 4.69) is 4.98 Å². The molecule has 0 radical (unpaired) electrons. The van der Waals surface area contributed by atoms with Crippen LogP contribution in [-0.4, -0.2) is 67.5 Å². The predicted octanol–water partition coefficient (Wildman–Crippen LogP) is 2.76. The Bertz CT molecular complexity index is 1120. The number of carbonyl (C=O) groups is 1. The summed E-state index contributed by atoms with van der Waals surface area (Å²) in [5.41, 5.74) is 1.46. The molecule has 1 aliphatic carbocycles. The van der Waals surface area contributed by atoms with Gasteiger partial charge in [0.1, 0.15) is 18.0 Å². The van der Waals surface area contributed by atoms with Crippen molar-refractivity contribution < 1.29 is 22.7 Å². The van der Waals surface area contributed by atoms with Gasteiger partial charge in [-0.05, 0) is 55.5 Å². The van der Waals surface area contributed by atoms with Crippen LogP contribution in [0.2, 0.25) is 0 Å². The SMILES string of the molecule is CO[C@@H]1CN(C(=O)C2CC2)C[C@H]1Oc1cccc(CS(=O)(=O)N2CCCC2c2ccccn2)c1. The fourth-order valence-corrected chi connectivity index (χ4v) is 6.75. The largest absolute Gasteiger partial charge is 0.486 e. The topological polar surface area (TPSA) is 89.0 Å². The molecule has 9 heteroatoms. The zero-order valence-electron chi connectivity index (χ0n) is 19.4. The second-order valence-electron chi connectivity index (χ2n) is 9.37. The summed E-state index contributed by atoms with van der Waals surface area (Å²) in [5.74, 6) is 0.826. The third-order valence-corrected chi connectivity index (χ3v) is 8.73. The third-order valence-electron chi connectivity index (χ3n) is 6.88. The van der Waals surface area contributed by atoms with E-state index in [1.165, 1.54) is 0 Å². The number of amides is 1. The number of likely N-dealkylation sites (tertiary alicyclic amines) is 1. The predicted molar refractivity (Wildman–Crippen MR) is 127 cm³/mol. The summed E-state index contributed by atoms with van der Waals surface area (Å²) < 4.78 is 40.0. The van der Waals surface area contributed by atoms with Crippen LogP contribution >= 0.6 is 0 Å². The minimum absolute atomic E-state index is 0.0990. The van der Waals surface area contributed by atoms with Crippen molar-refractivity contribution in [2.75, 3.05) is 26.7 Å². The highest BCUT2D eigenvalue weighted by Crippen LogP contribution is 2.35. The maximum Gasteiger partial charge on any atom is 0.225 e. The van der Waals surface area contributed by atoms with Gasteiger partial charge in [0.15, 0.2) is 0 Å². The second kappa shape index (κ2) is 9.64. The number of sulfonamides is 1. The zero-order chi connectivity index (χ0) is 23.7. The maximum absolute atomic E-state index is 13.3. The van der Waals surface area contributed by atoms with Crippen LogP contribution in [0, 0.1) is 5.92 Å². The molecular formula is C25H31N3O5S. The van der Waals surface area contributed by atoms with E-state index in [1.807, 2.05) is 41.3 Å². The Morgan fingerprint density at radius 3 is 2.65 bits per heavy atom. The molecule has 0 N–H and O–H groups in total. The molecule has 34 heavy (non-hydrogen) atoms. The van der Waals surface area contributed by atoms with Crippen molar-refractivity contribution in [1.29, 1.82) is 0 Å². The van der Waals surface area contributed by atoms with Crippen LogP contribution in [0.25, 0.3) is 0 Å². The van der Waals surface area contributed by atoms with Gasteiger partial charge in [-0.1, -0.05) is 18.2 Å². The number of pyridine rings is 1. The highest BCUT2D eigenvalue weighted by Gasteiger charge is 2.42. The van der Waals surface area contributed by atoms with E-state index in [0.717, 1.165) is 31.4 Å². The lowest BCUT2D eigenvalue weighted by Crippen LogP contribution is -2.32. The number of rotatable bonds is 8. The molecule has 3 atom stereocenters. The van der Waals surface area contributed by atoms with Gasteiger partial charge in [-0.15, -0.1) is 0 Å². The molecule has 1 amide bonds. The number of hydrogen-bond donors (Lipinski definition) is 0. The van der Waals surface area contributed by atoms with Gasteiger partial charge < -0.3 is 14.4 Å². The number of benzene rings is 1. The Hall–Kier alpha value is -2.49. The fourth-order valence-electron chi connectivity index (χ4n) is 4.97. The molecule has 2 aliphatic heterocycles. The summed E-state index contributed by atoms with van der Waals surface area (Å²) >= 11 is 0. The number of carbonyl (C=O) groups excluding carboxylic acids is 1. The molecule has 8 nitrogen and oxygen atoms in total. The minimum atomic E-state index is -3.53. The van der Waals surface area contributed by atoms with Crippen LogP contribution in [-0.2, 0) is 25.3 Å². The second-order valence-corrected chi connectivity index (χ2v) is 11.3. The Morgan fingerprint density at radius 2 is 1.91 bits per heavy atom. The number of nitrogens with zero attached hydrogens (tertiary/aromatic N) is 3. The Labute approximate surface area is 200 Å². The molecule has 5 rings (SSSR count). The van der Waals surface area contributed by atoms with Crippen molar-refractivity contribution in [3.05, 3.63) is 59.9 Å². The Morgan fingerprint density at radius 1 is 1.09 bits per heavy atom. The van der Waals surface area contributed by atoms with Crippen molar-refractivity contribution in [1.82, 2.24) is 14.2 Å². The van der Waals surface area contributed by atoms with Crippen molar-refractivity contribution in [3.8, 4) is 5.75 Å². The smallest absolute Gasteiger partial charge is 0.225 e. The first-order valence-corrected chi connectivity index (χ1v) is 13.5. The molecule has 2 aromatic rings. The van der Waals surface area contributed by atoms with E-state index in [-0.39, 0.29) is 35.8 Å². The highest BCUT2D eigenvalue weighted by atomic mass is 32.2. The number of ether oxygens (including phenoxy) is 2. The average molecular weight is 486 g/mol. The van der Waals surface area contributed by atoms with Crippen molar-refractivity contribution in [2.24, 2.45) is 5.92 Å². The van der Waals surface area contributed by atoms with Crippen LogP contribution in [0.4, 0.5) is 0 Å². The molecule has 1 aromatic heterocycles. The van der Waals surface area contributed by atoms with E-state index in [1.54, 1.807) is 23.7 Å². The van der Waals surface area contributed by atoms with Gasteiger partial charge >= 0.3 is 0 Å². The molecule has 1 unspecified atom stereocenters. The number of aromatic nitrogens is 1. The standard InChI is InChI=1S/C25H31N3O5S/c1-32-23-15-27(25(29)19-10-11-19)16-24(23)33-20-7-4-6-18(14-20)17-34(30,31)28-13-5-9-22(28)21-8-2-3-12-26-21/h2-4,6-8,12,14,19,22-24H,5,9-11,13,15-17H2,1H3/t22?,23-,24-/m1/s1. The quantitative estimate of drug-likeness (QED) is 0.571. The molecule has 3 fully saturated rings. The molecule has 0 bridgehead atoms. The Balaban J connectivity index is 1.27. The van der Waals surface area contributed by atoms with Crippen LogP contribution in [0.5, 0.6) is 5.75 Å². The molecule has 2 saturated heterocycles. The summed E-state index contributed by atoms with van der Waals surface area (Å²) in [7, 11) is -1.90. The van der Waals surface area contributed by atoms with Gasteiger partial charge in [0.25, 0.3) is 0 Å². The first kappa shape index (κ1) is 23.3. The van der Waals surface area contributed by atoms with Crippen LogP contribution in [0.3, 0.4) is 0 Å². The van der Waals surface area contributed by atoms with Gasteiger partial charge in [-0.25, -0.2) is 8.42 Å². The molecule has 1 saturated carbocycles. The third kappa shape index (κ3) is 4.96. The summed E-state index contributed by atoms with van der Waals surface area (Å²) in [6.45, 7) is 1.51. The van der Waals surface area contributed by atoms with E-state index in [9.17, 15) is 13.2 Å². The Kier molecular flexibility index (Phi) is 6.59. The van der Waals surface area contributed by atoms with Gasteiger partial charge in [0.2, 0.25) is 15.9 Å². The molecule has 3 aliphatic rings. The van der Waals surface area contributed by atoms with E-state index >= 15 is 0 Å². The van der Waals surface area contributed by atoms with Crippen molar-refractivity contribution in [3.63, 3.8) is 0 Å². The van der Waals surface area contributed by atoms with Crippen molar-refractivity contribution in [2.45, 2.75) is 49.7 Å². The van der Waals surface area contributed by atoms with Crippen LogP contribution < -0.4 is 4.74 Å². The maximum atomic E-state index is 13.3. The van der Waals surface area contributed by atoms with Crippen LogP contribution in [0.1, 0.15) is 43.0 Å². The molecule has 182 valence electrons. The van der Waals surface area contributed by atoms with E-state index in [0.29, 0.717) is 30.9 Å². The lowest BCUT2D eigenvalue weighted by molar-refractivity contribution is -0.132. The lowest BCUT2D eigenvalue weighted by atomic mass is 10.1.